The molecule has 0 bridgehead atoms. The summed E-state index contributed by atoms with van der Waals surface area (Å²) in [5.41, 5.74) is 8.12. The molecule has 0 spiro atoms. The number of halogens is 1. The minimum Gasteiger partial charge on any atom is -0.383 e. The topological polar surface area (TPSA) is 60.0 Å². The highest BCUT2D eigenvalue weighted by molar-refractivity contribution is 6.28. The molecule has 2 aromatic rings. The summed E-state index contributed by atoms with van der Waals surface area (Å²) in [5.74, 6) is 2.22. The number of nitrogens with zero attached hydrogens (tertiary/aromatic N) is 4. The van der Waals surface area contributed by atoms with Crippen molar-refractivity contribution in [3.63, 3.8) is 0 Å². The van der Waals surface area contributed by atoms with E-state index in [2.05, 4.69) is 39.6 Å². The van der Waals surface area contributed by atoms with Gasteiger partial charge in [-0.3, -0.25) is 0 Å². The van der Waals surface area contributed by atoms with E-state index in [1.54, 1.807) is 0 Å². The van der Waals surface area contributed by atoms with E-state index in [4.69, 9.17) is 17.3 Å². The highest BCUT2D eigenvalue weighted by Crippen LogP contribution is 2.43. The molecule has 130 valence electrons. The van der Waals surface area contributed by atoms with E-state index in [-0.39, 0.29) is 5.28 Å². The molecule has 2 atom stereocenters. The molecular formula is C18H26ClN5. The lowest BCUT2D eigenvalue weighted by molar-refractivity contribution is 0.170. The number of anilines is 1. The lowest BCUT2D eigenvalue weighted by atomic mass is 9.83. The summed E-state index contributed by atoms with van der Waals surface area (Å²) in [6.07, 6.45) is 8.68. The number of rotatable bonds is 2. The van der Waals surface area contributed by atoms with E-state index in [1.165, 1.54) is 45.2 Å². The summed E-state index contributed by atoms with van der Waals surface area (Å²) in [6, 6.07) is 0.510. The van der Waals surface area contributed by atoms with Gasteiger partial charge in [0.1, 0.15) is 11.5 Å². The first-order valence-electron chi connectivity index (χ1n) is 9.01. The van der Waals surface area contributed by atoms with Crippen molar-refractivity contribution in [2.24, 2.45) is 11.8 Å². The van der Waals surface area contributed by atoms with Gasteiger partial charge >= 0.3 is 0 Å². The Morgan fingerprint density at radius 2 is 1.88 bits per heavy atom. The quantitative estimate of drug-likeness (QED) is 0.842. The van der Waals surface area contributed by atoms with Gasteiger partial charge in [-0.05, 0) is 88.2 Å². The maximum absolute atomic E-state index is 6.07. The average Bonchev–Trinajstić information content (AvgIpc) is 3.13. The van der Waals surface area contributed by atoms with E-state index in [9.17, 15) is 0 Å². The molecule has 0 aromatic carbocycles. The SMILES string of the molecule is Cc1cn(C2CCC(C3CCN(C)CC3)C2)c2nc(Cl)nc(N)c12. The first kappa shape index (κ1) is 16.2. The largest absolute Gasteiger partial charge is 0.383 e. The number of fused-ring (bicyclic) bond motifs is 1. The van der Waals surface area contributed by atoms with E-state index < -0.39 is 0 Å². The summed E-state index contributed by atoms with van der Waals surface area (Å²) >= 11 is 6.06. The minimum absolute atomic E-state index is 0.240. The molecule has 2 unspecified atom stereocenters. The summed E-state index contributed by atoms with van der Waals surface area (Å²) in [7, 11) is 2.23. The maximum Gasteiger partial charge on any atom is 0.226 e. The number of nitrogen functional groups attached to an aromatic ring is 1. The standard InChI is InChI=1S/C18H26ClN5/c1-11-10-24(17-15(11)16(20)21-18(19)22-17)14-4-3-13(9-14)12-5-7-23(2)8-6-12/h10,12-14H,3-9H2,1-2H3,(H2,20,21,22). The smallest absolute Gasteiger partial charge is 0.226 e. The maximum atomic E-state index is 6.07. The van der Waals surface area contributed by atoms with Crippen LogP contribution >= 0.6 is 11.6 Å². The second kappa shape index (κ2) is 6.19. The second-order valence-corrected chi connectivity index (χ2v) is 8.00. The second-order valence-electron chi connectivity index (χ2n) is 7.66. The van der Waals surface area contributed by atoms with Gasteiger partial charge in [0, 0.05) is 12.2 Å². The molecule has 2 aromatic heterocycles. The fourth-order valence-electron chi connectivity index (χ4n) is 4.79. The summed E-state index contributed by atoms with van der Waals surface area (Å²) in [5, 5.41) is 1.20. The number of hydrogen-bond donors (Lipinski definition) is 1. The van der Waals surface area contributed by atoms with Crippen LogP contribution in [0.3, 0.4) is 0 Å². The Balaban J connectivity index is 1.58. The van der Waals surface area contributed by atoms with Crippen molar-refractivity contribution >= 4 is 28.5 Å². The van der Waals surface area contributed by atoms with Crippen LogP contribution in [-0.2, 0) is 0 Å². The normalized spacial score (nSPS) is 26.5. The third-order valence-corrected chi connectivity index (χ3v) is 6.30. The Morgan fingerprint density at radius 3 is 2.62 bits per heavy atom. The Labute approximate surface area is 148 Å². The molecule has 0 amide bonds. The molecule has 5 nitrogen and oxygen atoms in total. The summed E-state index contributed by atoms with van der Waals surface area (Å²) in [6.45, 7) is 4.57. The minimum atomic E-state index is 0.240. The highest BCUT2D eigenvalue weighted by atomic mass is 35.5. The van der Waals surface area contributed by atoms with Crippen molar-refractivity contribution < 1.29 is 0 Å². The Kier molecular flexibility index (Phi) is 4.17. The molecule has 1 saturated heterocycles. The fourth-order valence-corrected chi connectivity index (χ4v) is 4.96. The molecule has 0 radical (unpaired) electrons. The predicted octanol–water partition coefficient (Wildman–Crippen LogP) is 3.66. The molecule has 2 fully saturated rings. The van der Waals surface area contributed by atoms with E-state index >= 15 is 0 Å². The zero-order valence-corrected chi connectivity index (χ0v) is 15.3. The van der Waals surface area contributed by atoms with E-state index in [1.807, 2.05) is 0 Å². The number of hydrogen-bond acceptors (Lipinski definition) is 4. The summed E-state index contributed by atoms with van der Waals surface area (Å²) in [4.78, 5) is 11.0. The molecule has 1 saturated carbocycles. The zero-order chi connectivity index (χ0) is 16.8. The van der Waals surface area contributed by atoms with Crippen molar-refractivity contribution in [1.82, 2.24) is 19.4 Å². The molecule has 2 N–H and O–H groups in total. The lowest BCUT2D eigenvalue weighted by Crippen LogP contribution is -2.32. The van der Waals surface area contributed by atoms with Gasteiger partial charge in [-0.25, -0.2) is 4.98 Å². The van der Waals surface area contributed by atoms with Crippen LogP contribution in [0.15, 0.2) is 6.20 Å². The number of aryl methyl sites for hydroxylation is 1. The van der Waals surface area contributed by atoms with Gasteiger partial charge in [0.2, 0.25) is 5.28 Å². The summed E-state index contributed by atoms with van der Waals surface area (Å²) < 4.78 is 2.31. The van der Waals surface area contributed by atoms with Crippen LogP contribution in [-0.4, -0.2) is 39.6 Å². The molecule has 6 heteroatoms. The third-order valence-electron chi connectivity index (χ3n) is 6.13. The van der Waals surface area contributed by atoms with Gasteiger partial charge in [-0.1, -0.05) is 0 Å². The van der Waals surface area contributed by atoms with Crippen LogP contribution in [0, 0.1) is 18.8 Å². The van der Waals surface area contributed by atoms with Crippen molar-refractivity contribution in [3.8, 4) is 0 Å². The molecule has 24 heavy (non-hydrogen) atoms. The molecule has 1 aliphatic heterocycles. The Morgan fingerprint density at radius 1 is 1.12 bits per heavy atom. The van der Waals surface area contributed by atoms with E-state index in [0.717, 1.165) is 28.4 Å². The monoisotopic (exact) mass is 347 g/mol. The Hall–Kier alpha value is -1.33. The van der Waals surface area contributed by atoms with Gasteiger partial charge < -0.3 is 15.2 Å². The van der Waals surface area contributed by atoms with Gasteiger partial charge in [0.05, 0.1) is 5.39 Å². The number of likely N-dealkylation sites (tertiary alicyclic amines) is 1. The highest BCUT2D eigenvalue weighted by Gasteiger charge is 2.34. The van der Waals surface area contributed by atoms with Crippen LogP contribution in [0.1, 0.15) is 43.7 Å². The number of nitrogens with two attached hydrogens (primary N) is 1. The van der Waals surface area contributed by atoms with Gasteiger partial charge in [0.25, 0.3) is 0 Å². The molecule has 2 aliphatic rings. The van der Waals surface area contributed by atoms with Crippen molar-refractivity contribution in [2.45, 2.75) is 45.1 Å². The molecule has 1 aliphatic carbocycles. The average molecular weight is 348 g/mol. The van der Waals surface area contributed by atoms with Crippen LogP contribution in [0.2, 0.25) is 5.28 Å². The van der Waals surface area contributed by atoms with Crippen LogP contribution in [0.25, 0.3) is 11.0 Å². The molecule has 4 rings (SSSR count). The van der Waals surface area contributed by atoms with Crippen molar-refractivity contribution in [3.05, 3.63) is 17.0 Å². The first-order valence-corrected chi connectivity index (χ1v) is 9.39. The molecular weight excluding hydrogens is 322 g/mol. The van der Waals surface area contributed by atoms with Gasteiger partial charge in [-0.2, -0.15) is 4.98 Å². The lowest BCUT2D eigenvalue weighted by Gasteiger charge is -2.32. The third kappa shape index (κ3) is 2.78. The van der Waals surface area contributed by atoms with Crippen molar-refractivity contribution in [2.75, 3.05) is 25.9 Å². The number of piperidine rings is 1. The zero-order valence-electron chi connectivity index (χ0n) is 14.5. The van der Waals surface area contributed by atoms with Crippen LogP contribution < -0.4 is 5.73 Å². The predicted molar refractivity (Wildman–Crippen MR) is 98.3 cm³/mol. The van der Waals surface area contributed by atoms with Crippen molar-refractivity contribution in [1.29, 1.82) is 0 Å². The van der Waals surface area contributed by atoms with Gasteiger partial charge in [0.15, 0.2) is 0 Å². The van der Waals surface area contributed by atoms with Crippen LogP contribution in [0.4, 0.5) is 5.82 Å². The van der Waals surface area contributed by atoms with Gasteiger partial charge in [-0.15, -0.1) is 0 Å². The first-order chi connectivity index (χ1) is 11.5. The van der Waals surface area contributed by atoms with E-state index in [0.29, 0.717) is 11.9 Å². The molecule has 3 heterocycles. The van der Waals surface area contributed by atoms with Crippen LogP contribution in [0.5, 0.6) is 0 Å². The number of aromatic nitrogens is 3. The Bertz CT molecular complexity index is 747. The fraction of sp³-hybridized carbons (Fsp3) is 0.667.